The number of rotatable bonds is 3. The third-order valence-corrected chi connectivity index (χ3v) is 2.21. The fraction of sp³-hybridized carbons (Fsp3) is 0.182. The van der Waals surface area contributed by atoms with Crippen LogP contribution in [0, 0.1) is 0 Å². The van der Waals surface area contributed by atoms with Crippen LogP contribution in [0.5, 0.6) is 5.75 Å². The molecule has 4 nitrogen and oxygen atoms in total. The van der Waals surface area contributed by atoms with E-state index in [2.05, 4.69) is 0 Å². The second-order valence-corrected chi connectivity index (χ2v) is 3.17. The van der Waals surface area contributed by atoms with Crippen LogP contribution < -0.4 is 4.74 Å². The van der Waals surface area contributed by atoms with Gasteiger partial charge in [0.2, 0.25) is 0 Å². The van der Waals surface area contributed by atoms with Crippen LogP contribution in [0.25, 0.3) is 11.0 Å². The number of methoxy groups -OCH3 is 1. The summed E-state index contributed by atoms with van der Waals surface area (Å²) in [5.74, 6) is -0.260. The van der Waals surface area contributed by atoms with Crippen molar-refractivity contribution in [2.24, 2.45) is 0 Å². The first kappa shape index (κ1) is 12.4. The third kappa shape index (κ3) is 2.12. The Balaban J connectivity index is 0.00000128. The summed E-state index contributed by atoms with van der Waals surface area (Å²) in [6, 6.07) is 5.40. The normalized spacial score (nSPS) is 9.81. The van der Waals surface area contributed by atoms with Gasteiger partial charge in [0.15, 0.2) is 11.3 Å². The largest absolute Gasteiger partial charge is 0.493 e. The molecule has 0 aliphatic rings. The number of fused-ring (bicyclic) bond motifs is 1. The van der Waals surface area contributed by atoms with Gasteiger partial charge in [0.1, 0.15) is 0 Å². The van der Waals surface area contributed by atoms with E-state index in [-0.39, 0.29) is 18.8 Å². The number of carboxylic acid groups (broad SMARTS) is 1. The van der Waals surface area contributed by atoms with Crippen molar-refractivity contribution in [3.63, 3.8) is 0 Å². The maximum absolute atomic E-state index is 10.6. The lowest BCUT2D eigenvalue weighted by atomic mass is 10.1. The molecular formula is C11H11ClO4. The second-order valence-electron chi connectivity index (χ2n) is 3.17. The number of benzene rings is 1. The Morgan fingerprint density at radius 2 is 2.25 bits per heavy atom. The lowest BCUT2D eigenvalue weighted by Crippen LogP contribution is -1.98. The van der Waals surface area contributed by atoms with Crippen molar-refractivity contribution in [1.82, 2.24) is 0 Å². The number of aliphatic carboxylic acids is 1. The molecule has 0 radical (unpaired) electrons. The Morgan fingerprint density at radius 3 is 2.88 bits per heavy atom. The second kappa shape index (κ2) is 4.90. The summed E-state index contributed by atoms with van der Waals surface area (Å²) < 4.78 is 10.4. The molecule has 5 heteroatoms. The van der Waals surface area contributed by atoms with Gasteiger partial charge in [-0.25, -0.2) is 0 Å². The molecule has 0 saturated heterocycles. The van der Waals surface area contributed by atoms with Crippen molar-refractivity contribution in [1.29, 1.82) is 0 Å². The quantitative estimate of drug-likeness (QED) is 0.898. The van der Waals surface area contributed by atoms with Gasteiger partial charge in [-0.2, -0.15) is 0 Å². The Hall–Kier alpha value is -1.68. The minimum absolute atomic E-state index is 0. The summed E-state index contributed by atoms with van der Waals surface area (Å²) >= 11 is 0. The van der Waals surface area contributed by atoms with E-state index in [0.29, 0.717) is 16.9 Å². The van der Waals surface area contributed by atoms with Gasteiger partial charge in [-0.1, -0.05) is 12.1 Å². The van der Waals surface area contributed by atoms with Crippen molar-refractivity contribution in [3.05, 3.63) is 30.0 Å². The molecule has 0 bridgehead atoms. The summed E-state index contributed by atoms with van der Waals surface area (Å²) in [5.41, 5.74) is 1.26. The number of hydrogen-bond acceptors (Lipinski definition) is 3. The van der Waals surface area contributed by atoms with Crippen LogP contribution in [0.3, 0.4) is 0 Å². The fourth-order valence-electron chi connectivity index (χ4n) is 1.54. The van der Waals surface area contributed by atoms with Crippen LogP contribution in [-0.2, 0) is 11.2 Å². The summed E-state index contributed by atoms with van der Waals surface area (Å²) in [4.78, 5) is 10.6. The number of carboxylic acids is 1. The highest BCUT2D eigenvalue weighted by molar-refractivity contribution is 5.89. The monoisotopic (exact) mass is 242 g/mol. The van der Waals surface area contributed by atoms with Crippen molar-refractivity contribution in [2.75, 3.05) is 7.11 Å². The number of furan rings is 1. The number of ether oxygens (including phenoxy) is 1. The van der Waals surface area contributed by atoms with E-state index in [1.807, 2.05) is 12.1 Å². The van der Waals surface area contributed by atoms with Gasteiger partial charge in [0.25, 0.3) is 0 Å². The van der Waals surface area contributed by atoms with Gasteiger partial charge in [-0.3, -0.25) is 4.79 Å². The zero-order valence-corrected chi connectivity index (χ0v) is 9.41. The van der Waals surface area contributed by atoms with E-state index in [0.717, 1.165) is 5.39 Å². The van der Waals surface area contributed by atoms with Crippen molar-refractivity contribution >= 4 is 29.3 Å². The highest BCUT2D eigenvalue weighted by atomic mass is 35.5. The summed E-state index contributed by atoms with van der Waals surface area (Å²) in [6.45, 7) is 0. The lowest BCUT2D eigenvalue weighted by Gasteiger charge is -1.99. The van der Waals surface area contributed by atoms with Gasteiger partial charge in [0, 0.05) is 10.9 Å². The van der Waals surface area contributed by atoms with Gasteiger partial charge in [-0.05, 0) is 6.07 Å². The van der Waals surface area contributed by atoms with Crippen LogP contribution in [0.1, 0.15) is 5.56 Å². The summed E-state index contributed by atoms with van der Waals surface area (Å²) in [5, 5.41) is 9.49. The SMILES string of the molecule is COc1cccc2c(CC(=O)O)coc12.Cl. The number of para-hydroxylation sites is 1. The number of carbonyl (C=O) groups is 1. The molecule has 1 aromatic heterocycles. The summed E-state index contributed by atoms with van der Waals surface area (Å²) in [6.07, 6.45) is 1.42. The lowest BCUT2D eigenvalue weighted by molar-refractivity contribution is -0.136. The Labute approximate surface area is 98.2 Å². The maximum atomic E-state index is 10.6. The topological polar surface area (TPSA) is 59.7 Å². The first-order valence-electron chi connectivity index (χ1n) is 4.47. The third-order valence-electron chi connectivity index (χ3n) is 2.21. The first-order valence-corrected chi connectivity index (χ1v) is 4.47. The molecule has 0 atom stereocenters. The highest BCUT2D eigenvalue weighted by Gasteiger charge is 2.12. The summed E-state index contributed by atoms with van der Waals surface area (Å²) in [7, 11) is 1.55. The van der Waals surface area contributed by atoms with Crippen LogP contribution in [-0.4, -0.2) is 18.2 Å². The Morgan fingerprint density at radius 1 is 1.50 bits per heavy atom. The van der Waals surface area contributed by atoms with Crippen molar-refractivity contribution in [3.8, 4) is 5.75 Å². The molecule has 0 spiro atoms. The molecule has 1 heterocycles. The van der Waals surface area contributed by atoms with E-state index in [4.69, 9.17) is 14.3 Å². The van der Waals surface area contributed by atoms with Crippen molar-refractivity contribution in [2.45, 2.75) is 6.42 Å². The molecule has 0 saturated carbocycles. The molecule has 2 rings (SSSR count). The van der Waals surface area contributed by atoms with E-state index >= 15 is 0 Å². The Kier molecular flexibility index (Phi) is 3.79. The zero-order valence-electron chi connectivity index (χ0n) is 8.60. The molecule has 1 N–H and O–H groups in total. The molecule has 0 fully saturated rings. The highest BCUT2D eigenvalue weighted by Crippen LogP contribution is 2.29. The number of halogens is 1. The molecule has 16 heavy (non-hydrogen) atoms. The van der Waals surface area contributed by atoms with E-state index in [1.54, 1.807) is 13.2 Å². The van der Waals surface area contributed by atoms with E-state index in [9.17, 15) is 4.79 Å². The fourth-order valence-corrected chi connectivity index (χ4v) is 1.54. The van der Waals surface area contributed by atoms with Crippen LogP contribution in [0.2, 0.25) is 0 Å². The molecule has 0 aliphatic carbocycles. The molecule has 0 aliphatic heterocycles. The van der Waals surface area contributed by atoms with Gasteiger partial charge >= 0.3 is 5.97 Å². The van der Waals surface area contributed by atoms with Gasteiger partial charge < -0.3 is 14.3 Å². The molecule has 0 unspecified atom stereocenters. The van der Waals surface area contributed by atoms with E-state index in [1.165, 1.54) is 6.26 Å². The maximum Gasteiger partial charge on any atom is 0.307 e. The van der Waals surface area contributed by atoms with Gasteiger partial charge in [0.05, 0.1) is 19.8 Å². The van der Waals surface area contributed by atoms with Crippen LogP contribution in [0.4, 0.5) is 0 Å². The predicted octanol–water partition coefficient (Wildman–Crippen LogP) is 2.49. The molecular weight excluding hydrogens is 232 g/mol. The minimum Gasteiger partial charge on any atom is -0.493 e. The zero-order chi connectivity index (χ0) is 10.8. The van der Waals surface area contributed by atoms with E-state index < -0.39 is 5.97 Å². The molecule has 2 aromatic rings. The standard InChI is InChI=1S/C11H10O4.ClH/c1-14-9-4-2-3-8-7(5-10(12)13)6-15-11(8)9;/h2-4,6H,5H2,1H3,(H,12,13);1H. The smallest absolute Gasteiger partial charge is 0.307 e. The van der Waals surface area contributed by atoms with Crippen LogP contribution in [0.15, 0.2) is 28.9 Å². The van der Waals surface area contributed by atoms with Gasteiger partial charge in [-0.15, -0.1) is 12.4 Å². The molecule has 0 amide bonds. The number of hydrogen-bond donors (Lipinski definition) is 1. The van der Waals surface area contributed by atoms with Crippen LogP contribution >= 0.6 is 12.4 Å². The minimum atomic E-state index is -0.875. The molecule has 86 valence electrons. The average molecular weight is 243 g/mol. The predicted molar refractivity (Wildman–Crippen MR) is 61.4 cm³/mol. The Bertz CT molecular complexity index is 504. The van der Waals surface area contributed by atoms with Crippen molar-refractivity contribution < 1.29 is 19.1 Å². The molecule has 1 aromatic carbocycles. The first-order chi connectivity index (χ1) is 7.22. The average Bonchev–Trinajstić information content (AvgIpc) is 2.61.